The lowest BCUT2D eigenvalue weighted by Gasteiger charge is -2.25. The van der Waals surface area contributed by atoms with Gasteiger partial charge in [-0.3, -0.25) is 4.79 Å². The predicted octanol–water partition coefficient (Wildman–Crippen LogP) is 4.14. The lowest BCUT2D eigenvalue weighted by molar-refractivity contribution is -0.119. The normalized spacial score (nSPS) is 13.6. The first kappa shape index (κ1) is 21.1. The van der Waals surface area contributed by atoms with Crippen molar-refractivity contribution in [2.24, 2.45) is 0 Å². The van der Waals surface area contributed by atoms with Crippen LogP contribution in [0.3, 0.4) is 0 Å². The van der Waals surface area contributed by atoms with Gasteiger partial charge >= 0.3 is 0 Å². The van der Waals surface area contributed by atoms with Gasteiger partial charge in [0.25, 0.3) is 0 Å². The quantitative estimate of drug-likeness (QED) is 0.676. The Labute approximate surface area is 171 Å². The van der Waals surface area contributed by atoms with E-state index in [4.69, 9.17) is 0 Å². The average molecular weight is 402 g/mol. The van der Waals surface area contributed by atoms with Crippen LogP contribution in [-0.4, -0.2) is 38.6 Å². The molecule has 0 aliphatic carbocycles. The van der Waals surface area contributed by atoms with Crippen LogP contribution in [0.15, 0.2) is 42.5 Å². The van der Waals surface area contributed by atoms with Gasteiger partial charge in [-0.2, -0.15) is 0 Å². The minimum Gasteiger partial charge on any atom is -0.372 e. The van der Waals surface area contributed by atoms with Crippen molar-refractivity contribution in [2.45, 2.75) is 32.6 Å². The topological polar surface area (TPSA) is 35.6 Å². The predicted molar refractivity (Wildman–Crippen MR) is 113 cm³/mol. The molecule has 0 fully saturated rings. The molecule has 1 aliphatic rings. The van der Waals surface area contributed by atoms with Crippen LogP contribution in [-0.2, 0) is 11.2 Å². The zero-order valence-corrected chi connectivity index (χ0v) is 17.0. The maximum absolute atomic E-state index is 13.5. The van der Waals surface area contributed by atoms with E-state index >= 15 is 0 Å². The van der Waals surface area contributed by atoms with Gasteiger partial charge in [0.2, 0.25) is 5.91 Å². The van der Waals surface area contributed by atoms with Crippen LogP contribution in [0, 0.1) is 11.6 Å². The summed E-state index contributed by atoms with van der Waals surface area (Å²) >= 11 is 0. The maximum Gasteiger partial charge on any atom is 0.239 e. The number of nitrogens with one attached hydrogen (secondary N) is 1. The second kappa shape index (κ2) is 10.2. The third kappa shape index (κ3) is 5.92. The Hall–Kier alpha value is -2.63. The summed E-state index contributed by atoms with van der Waals surface area (Å²) in [5, 5.41) is 2.99. The molecule has 6 heteroatoms. The van der Waals surface area contributed by atoms with Gasteiger partial charge in [-0.1, -0.05) is 0 Å². The number of anilines is 2. The molecule has 156 valence electrons. The summed E-state index contributed by atoms with van der Waals surface area (Å²) in [6, 6.07) is 11.3. The maximum atomic E-state index is 13.5. The molecule has 2 aromatic rings. The number of benzene rings is 2. The fraction of sp³-hybridized carbons (Fsp3) is 0.435. The second-order valence-corrected chi connectivity index (χ2v) is 7.41. The molecule has 1 heterocycles. The number of hydrogen-bond acceptors (Lipinski definition) is 3. The van der Waals surface area contributed by atoms with E-state index in [2.05, 4.69) is 17.1 Å². The zero-order valence-electron chi connectivity index (χ0n) is 17.0. The van der Waals surface area contributed by atoms with E-state index in [1.54, 1.807) is 24.3 Å². The van der Waals surface area contributed by atoms with Crippen molar-refractivity contribution in [1.82, 2.24) is 5.32 Å². The van der Waals surface area contributed by atoms with Gasteiger partial charge < -0.3 is 15.1 Å². The van der Waals surface area contributed by atoms with E-state index in [9.17, 15) is 13.6 Å². The number of amides is 1. The Kier molecular flexibility index (Phi) is 7.44. The van der Waals surface area contributed by atoms with Crippen molar-refractivity contribution in [1.29, 1.82) is 0 Å². The SMILES string of the molecule is CCN(CCCNC(=O)CN1CCCCc2cc(F)ccc21)c1ccc(F)cc1. The number of halogens is 2. The molecule has 0 unspecified atom stereocenters. The summed E-state index contributed by atoms with van der Waals surface area (Å²) in [5.74, 6) is -0.487. The van der Waals surface area contributed by atoms with Gasteiger partial charge in [0.15, 0.2) is 0 Å². The van der Waals surface area contributed by atoms with Crippen molar-refractivity contribution in [2.75, 3.05) is 42.5 Å². The van der Waals surface area contributed by atoms with E-state index < -0.39 is 0 Å². The monoisotopic (exact) mass is 401 g/mol. The van der Waals surface area contributed by atoms with E-state index in [1.165, 1.54) is 18.2 Å². The number of hydrogen-bond donors (Lipinski definition) is 1. The highest BCUT2D eigenvalue weighted by Gasteiger charge is 2.18. The molecule has 3 rings (SSSR count). The van der Waals surface area contributed by atoms with Crippen molar-refractivity contribution < 1.29 is 13.6 Å². The van der Waals surface area contributed by atoms with Crippen molar-refractivity contribution in [3.63, 3.8) is 0 Å². The Balaban J connectivity index is 1.47. The smallest absolute Gasteiger partial charge is 0.239 e. The minimum absolute atomic E-state index is 0.0213. The van der Waals surface area contributed by atoms with E-state index in [1.807, 2.05) is 4.90 Å². The van der Waals surface area contributed by atoms with E-state index in [0.29, 0.717) is 6.54 Å². The Bertz CT molecular complexity index is 810. The molecule has 0 aromatic heterocycles. The Morgan fingerprint density at radius 3 is 2.62 bits per heavy atom. The number of nitrogens with zero attached hydrogens (tertiary/aromatic N) is 2. The summed E-state index contributed by atoms with van der Waals surface area (Å²) in [6.45, 7) is 5.34. The first-order valence-electron chi connectivity index (χ1n) is 10.4. The van der Waals surface area contributed by atoms with Gasteiger partial charge in [0.05, 0.1) is 6.54 Å². The van der Waals surface area contributed by atoms with E-state index in [0.717, 1.165) is 62.3 Å². The lowest BCUT2D eigenvalue weighted by Crippen LogP contribution is -2.39. The third-order valence-corrected chi connectivity index (χ3v) is 5.34. The van der Waals surface area contributed by atoms with Gasteiger partial charge in [-0.25, -0.2) is 8.78 Å². The molecule has 0 atom stereocenters. The van der Waals surface area contributed by atoms with Gasteiger partial charge in [0.1, 0.15) is 11.6 Å². The van der Waals surface area contributed by atoms with Crippen LogP contribution in [0.4, 0.5) is 20.2 Å². The highest BCUT2D eigenvalue weighted by atomic mass is 19.1. The number of carbonyl (C=O) groups excluding carboxylic acids is 1. The molecule has 0 saturated heterocycles. The van der Waals surface area contributed by atoms with Crippen molar-refractivity contribution >= 4 is 17.3 Å². The third-order valence-electron chi connectivity index (χ3n) is 5.34. The van der Waals surface area contributed by atoms with Crippen LogP contribution in [0.25, 0.3) is 0 Å². The number of aryl methyl sites for hydroxylation is 1. The molecule has 2 aromatic carbocycles. The molecule has 0 bridgehead atoms. The number of rotatable bonds is 8. The van der Waals surface area contributed by atoms with Crippen LogP contribution in [0.2, 0.25) is 0 Å². The fourth-order valence-corrected chi connectivity index (χ4v) is 3.81. The largest absolute Gasteiger partial charge is 0.372 e. The van der Waals surface area contributed by atoms with Gasteiger partial charge in [-0.05, 0) is 80.6 Å². The molecule has 1 aliphatic heterocycles. The first-order valence-corrected chi connectivity index (χ1v) is 10.4. The highest BCUT2D eigenvalue weighted by molar-refractivity contribution is 5.81. The second-order valence-electron chi connectivity index (χ2n) is 7.41. The van der Waals surface area contributed by atoms with Gasteiger partial charge in [-0.15, -0.1) is 0 Å². The van der Waals surface area contributed by atoms with Crippen LogP contribution in [0.1, 0.15) is 31.7 Å². The molecule has 0 saturated carbocycles. The standard InChI is InChI=1S/C23H29F2N3O/c1-2-27(21-10-7-19(24)8-11-21)15-5-13-26-23(29)17-28-14-4-3-6-18-16-20(25)9-12-22(18)28/h7-12,16H,2-6,13-15,17H2,1H3,(H,26,29). The summed E-state index contributed by atoms with van der Waals surface area (Å²) in [5.41, 5.74) is 2.93. The Morgan fingerprint density at radius 1 is 1.10 bits per heavy atom. The molecule has 1 N–H and O–H groups in total. The number of fused-ring (bicyclic) bond motifs is 1. The Morgan fingerprint density at radius 2 is 1.86 bits per heavy atom. The minimum atomic E-state index is -0.241. The highest BCUT2D eigenvalue weighted by Crippen LogP contribution is 2.26. The molecule has 0 spiro atoms. The zero-order chi connectivity index (χ0) is 20.6. The molecule has 0 radical (unpaired) electrons. The molecule has 4 nitrogen and oxygen atoms in total. The van der Waals surface area contributed by atoms with E-state index in [-0.39, 0.29) is 24.1 Å². The average Bonchev–Trinajstić information content (AvgIpc) is 2.90. The summed E-state index contributed by atoms with van der Waals surface area (Å²) < 4.78 is 26.6. The molecule has 1 amide bonds. The van der Waals surface area contributed by atoms with Crippen molar-refractivity contribution in [3.05, 3.63) is 59.7 Å². The van der Waals surface area contributed by atoms with Crippen LogP contribution < -0.4 is 15.1 Å². The fourth-order valence-electron chi connectivity index (χ4n) is 3.81. The van der Waals surface area contributed by atoms with Crippen LogP contribution >= 0.6 is 0 Å². The molecular weight excluding hydrogens is 372 g/mol. The summed E-state index contributed by atoms with van der Waals surface area (Å²) in [4.78, 5) is 16.6. The number of carbonyl (C=O) groups is 1. The summed E-state index contributed by atoms with van der Waals surface area (Å²) in [6.07, 6.45) is 3.65. The first-order chi connectivity index (χ1) is 14.1. The van der Waals surface area contributed by atoms with Crippen molar-refractivity contribution in [3.8, 4) is 0 Å². The van der Waals surface area contributed by atoms with Gasteiger partial charge in [0, 0.05) is 37.6 Å². The molecular formula is C23H29F2N3O. The van der Waals surface area contributed by atoms with Crippen LogP contribution in [0.5, 0.6) is 0 Å². The molecule has 29 heavy (non-hydrogen) atoms. The summed E-state index contributed by atoms with van der Waals surface area (Å²) in [7, 11) is 0. The lowest BCUT2D eigenvalue weighted by atomic mass is 10.1.